The van der Waals surface area contributed by atoms with Crippen LogP contribution in [0, 0.1) is 0 Å². The standard InChI is InChI=1S/C21H30N4O4/c1-5-6-7-8-9-18(26)24-21-23-13-15(20(22)25-21)10-14-11-16(27-2)19(29-4)17(12-14)28-3/h11-13H,5-10H2,1-4H3,(H3,22,23,24,25,26). The molecule has 0 aliphatic rings. The number of nitrogens with zero attached hydrogens (tertiary/aromatic N) is 2. The molecule has 2 aromatic rings. The van der Waals surface area contributed by atoms with E-state index in [1.165, 1.54) is 0 Å². The Balaban J connectivity index is 2.08. The van der Waals surface area contributed by atoms with E-state index in [0.717, 1.165) is 36.8 Å². The van der Waals surface area contributed by atoms with Crippen molar-refractivity contribution in [2.24, 2.45) is 0 Å². The van der Waals surface area contributed by atoms with Crippen LogP contribution >= 0.6 is 0 Å². The highest BCUT2D eigenvalue weighted by Crippen LogP contribution is 2.38. The Hall–Kier alpha value is -3.03. The van der Waals surface area contributed by atoms with E-state index in [-0.39, 0.29) is 11.9 Å². The van der Waals surface area contributed by atoms with Gasteiger partial charge in [-0.2, -0.15) is 4.98 Å². The Morgan fingerprint density at radius 1 is 1.07 bits per heavy atom. The van der Waals surface area contributed by atoms with Crippen molar-refractivity contribution >= 4 is 17.7 Å². The van der Waals surface area contributed by atoms with Crippen LogP contribution in [0.4, 0.5) is 11.8 Å². The van der Waals surface area contributed by atoms with Gasteiger partial charge in [-0.3, -0.25) is 10.1 Å². The minimum Gasteiger partial charge on any atom is -0.493 e. The van der Waals surface area contributed by atoms with Crippen LogP contribution < -0.4 is 25.3 Å². The molecular formula is C21H30N4O4. The molecule has 158 valence electrons. The zero-order valence-electron chi connectivity index (χ0n) is 17.6. The van der Waals surface area contributed by atoms with Crippen molar-refractivity contribution in [2.75, 3.05) is 32.4 Å². The monoisotopic (exact) mass is 402 g/mol. The van der Waals surface area contributed by atoms with Crippen molar-refractivity contribution in [2.45, 2.75) is 45.4 Å². The van der Waals surface area contributed by atoms with Gasteiger partial charge in [0.25, 0.3) is 0 Å². The van der Waals surface area contributed by atoms with Gasteiger partial charge in [0.2, 0.25) is 17.6 Å². The van der Waals surface area contributed by atoms with Gasteiger partial charge in [-0.05, 0) is 24.1 Å². The summed E-state index contributed by atoms with van der Waals surface area (Å²) in [5, 5.41) is 2.70. The van der Waals surface area contributed by atoms with E-state index in [1.807, 2.05) is 12.1 Å². The van der Waals surface area contributed by atoms with Crippen LogP contribution in [-0.4, -0.2) is 37.2 Å². The molecule has 1 aromatic heterocycles. The molecule has 0 bridgehead atoms. The largest absolute Gasteiger partial charge is 0.493 e. The number of unbranched alkanes of at least 4 members (excludes halogenated alkanes) is 3. The lowest BCUT2D eigenvalue weighted by Crippen LogP contribution is -2.15. The molecule has 0 radical (unpaired) electrons. The number of hydrogen-bond acceptors (Lipinski definition) is 7. The maximum Gasteiger partial charge on any atom is 0.231 e. The molecule has 8 nitrogen and oxygen atoms in total. The Morgan fingerprint density at radius 3 is 2.31 bits per heavy atom. The average molecular weight is 402 g/mol. The Labute approximate surface area is 171 Å². The fourth-order valence-electron chi connectivity index (χ4n) is 2.97. The summed E-state index contributed by atoms with van der Waals surface area (Å²) in [6, 6.07) is 3.71. The first-order chi connectivity index (χ1) is 14.0. The number of carbonyl (C=O) groups is 1. The molecule has 1 heterocycles. The van der Waals surface area contributed by atoms with E-state index in [2.05, 4.69) is 22.2 Å². The van der Waals surface area contributed by atoms with E-state index >= 15 is 0 Å². The van der Waals surface area contributed by atoms with E-state index < -0.39 is 0 Å². The summed E-state index contributed by atoms with van der Waals surface area (Å²) in [5.41, 5.74) is 7.73. The molecule has 0 saturated carbocycles. The number of methoxy groups -OCH3 is 3. The number of amides is 1. The molecule has 0 fully saturated rings. The Morgan fingerprint density at radius 2 is 1.76 bits per heavy atom. The third kappa shape index (κ3) is 6.23. The van der Waals surface area contributed by atoms with Gasteiger partial charge in [-0.25, -0.2) is 4.98 Å². The van der Waals surface area contributed by atoms with E-state index in [4.69, 9.17) is 19.9 Å². The molecule has 0 aliphatic heterocycles. The Bertz CT molecular complexity index is 801. The number of carbonyl (C=O) groups excluding carboxylic acids is 1. The number of ether oxygens (including phenoxy) is 3. The third-order valence-corrected chi connectivity index (χ3v) is 4.53. The molecule has 8 heteroatoms. The summed E-state index contributed by atoms with van der Waals surface area (Å²) >= 11 is 0. The normalized spacial score (nSPS) is 10.5. The molecule has 0 saturated heterocycles. The Kier molecular flexibility index (Phi) is 8.51. The van der Waals surface area contributed by atoms with Crippen LogP contribution in [0.25, 0.3) is 0 Å². The van der Waals surface area contributed by atoms with Gasteiger partial charge in [0.05, 0.1) is 21.3 Å². The zero-order chi connectivity index (χ0) is 21.2. The quantitative estimate of drug-likeness (QED) is 0.553. The van der Waals surface area contributed by atoms with Crippen molar-refractivity contribution in [1.29, 1.82) is 0 Å². The topological polar surface area (TPSA) is 109 Å². The van der Waals surface area contributed by atoms with Crippen LogP contribution in [-0.2, 0) is 11.2 Å². The highest BCUT2D eigenvalue weighted by atomic mass is 16.5. The van der Waals surface area contributed by atoms with Crippen molar-refractivity contribution in [3.8, 4) is 17.2 Å². The second-order valence-electron chi connectivity index (χ2n) is 6.67. The summed E-state index contributed by atoms with van der Waals surface area (Å²) in [5.74, 6) is 2.09. The summed E-state index contributed by atoms with van der Waals surface area (Å²) in [6.45, 7) is 2.14. The average Bonchev–Trinajstić information content (AvgIpc) is 2.72. The number of nitrogen functional groups attached to an aromatic ring is 1. The molecular weight excluding hydrogens is 372 g/mol. The SMILES string of the molecule is CCCCCCC(=O)Nc1ncc(Cc2cc(OC)c(OC)c(OC)c2)c(N)n1. The molecule has 1 amide bonds. The van der Waals surface area contributed by atoms with Gasteiger partial charge >= 0.3 is 0 Å². The lowest BCUT2D eigenvalue weighted by molar-refractivity contribution is -0.116. The van der Waals surface area contributed by atoms with E-state index in [1.54, 1.807) is 27.5 Å². The zero-order valence-corrected chi connectivity index (χ0v) is 17.6. The number of aromatic nitrogens is 2. The molecule has 0 atom stereocenters. The summed E-state index contributed by atoms with van der Waals surface area (Å²) in [4.78, 5) is 20.4. The number of nitrogens with two attached hydrogens (primary N) is 1. The molecule has 29 heavy (non-hydrogen) atoms. The molecule has 1 aromatic carbocycles. The lowest BCUT2D eigenvalue weighted by Gasteiger charge is -2.14. The molecule has 0 aliphatic carbocycles. The molecule has 3 N–H and O–H groups in total. The fourth-order valence-corrected chi connectivity index (χ4v) is 2.97. The maximum absolute atomic E-state index is 12.0. The predicted octanol–water partition coefficient (Wildman–Crippen LogP) is 3.58. The van der Waals surface area contributed by atoms with Crippen LogP contribution in [0.2, 0.25) is 0 Å². The van der Waals surface area contributed by atoms with Crippen LogP contribution in [0.1, 0.15) is 50.2 Å². The van der Waals surface area contributed by atoms with Gasteiger partial charge in [-0.1, -0.05) is 26.2 Å². The smallest absolute Gasteiger partial charge is 0.231 e. The highest BCUT2D eigenvalue weighted by molar-refractivity contribution is 5.89. The van der Waals surface area contributed by atoms with Crippen molar-refractivity contribution < 1.29 is 19.0 Å². The minimum atomic E-state index is -0.0992. The van der Waals surface area contributed by atoms with Crippen LogP contribution in [0.15, 0.2) is 18.3 Å². The molecule has 2 rings (SSSR count). The predicted molar refractivity (Wildman–Crippen MR) is 113 cm³/mol. The van der Waals surface area contributed by atoms with Gasteiger partial charge in [0.15, 0.2) is 11.5 Å². The van der Waals surface area contributed by atoms with Gasteiger partial charge in [-0.15, -0.1) is 0 Å². The maximum atomic E-state index is 12.0. The number of anilines is 2. The third-order valence-electron chi connectivity index (χ3n) is 4.53. The van der Waals surface area contributed by atoms with E-state index in [9.17, 15) is 4.79 Å². The number of benzene rings is 1. The van der Waals surface area contributed by atoms with Crippen molar-refractivity contribution in [1.82, 2.24) is 9.97 Å². The first-order valence-corrected chi connectivity index (χ1v) is 9.72. The molecule has 0 unspecified atom stereocenters. The summed E-state index contributed by atoms with van der Waals surface area (Å²) < 4.78 is 16.1. The summed E-state index contributed by atoms with van der Waals surface area (Å²) in [7, 11) is 4.69. The first-order valence-electron chi connectivity index (χ1n) is 9.72. The highest BCUT2D eigenvalue weighted by Gasteiger charge is 2.15. The summed E-state index contributed by atoms with van der Waals surface area (Å²) in [6.07, 6.45) is 6.72. The second-order valence-corrected chi connectivity index (χ2v) is 6.67. The fraction of sp³-hybridized carbons (Fsp3) is 0.476. The van der Waals surface area contributed by atoms with Gasteiger partial charge < -0.3 is 19.9 Å². The van der Waals surface area contributed by atoms with Gasteiger partial charge in [0.1, 0.15) is 5.82 Å². The lowest BCUT2D eigenvalue weighted by atomic mass is 10.1. The van der Waals surface area contributed by atoms with Crippen molar-refractivity contribution in [3.05, 3.63) is 29.5 Å². The van der Waals surface area contributed by atoms with Crippen molar-refractivity contribution in [3.63, 3.8) is 0 Å². The molecule has 0 spiro atoms. The first kappa shape index (κ1) is 22.3. The minimum absolute atomic E-state index is 0.0992. The van der Waals surface area contributed by atoms with Gasteiger partial charge in [0, 0.05) is 24.6 Å². The number of rotatable bonds is 11. The number of hydrogen-bond donors (Lipinski definition) is 2. The second kappa shape index (κ2) is 11.1. The van der Waals surface area contributed by atoms with Crippen LogP contribution in [0.5, 0.6) is 17.2 Å². The van der Waals surface area contributed by atoms with Crippen LogP contribution in [0.3, 0.4) is 0 Å². The number of nitrogens with one attached hydrogen (secondary N) is 1. The van der Waals surface area contributed by atoms with E-state index in [0.29, 0.717) is 35.9 Å².